The highest BCUT2D eigenvalue weighted by molar-refractivity contribution is 5.78. The first-order valence-electron chi connectivity index (χ1n) is 9.20. The number of methoxy groups -OCH3 is 3. The standard InChI is InChI=1S/C22H24N2O5/c1-26-18-7-4-15(5-8-18)10-11-23-22(25)14-17-13-20(29-24-17)16-6-9-19(27-2)21(12-16)28-3/h4-9,12-13H,10-11,14H2,1-3H3,(H,23,25). The van der Waals surface area contributed by atoms with Crippen molar-refractivity contribution in [2.24, 2.45) is 0 Å². The van der Waals surface area contributed by atoms with Crippen LogP contribution in [0.5, 0.6) is 17.2 Å². The molecule has 0 aliphatic carbocycles. The number of rotatable bonds is 9. The van der Waals surface area contributed by atoms with Crippen molar-refractivity contribution in [3.63, 3.8) is 0 Å². The summed E-state index contributed by atoms with van der Waals surface area (Å²) in [7, 11) is 4.79. The van der Waals surface area contributed by atoms with E-state index in [2.05, 4.69) is 10.5 Å². The van der Waals surface area contributed by atoms with Crippen LogP contribution in [0.4, 0.5) is 0 Å². The fourth-order valence-electron chi connectivity index (χ4n) is 2.89. The quantitative estimate of drug-likeness (QED) is 0.598. The van der Waals surface area contributed by atoms with Crippen LogP contribution in [0.15, 0.2) is 53.1 Å². The van der Waals surface area contributed by atoms with Crippen LogP contribution in [0.1, 0.15) is 11.3 Å². The topological polar surface area (TPSA) is 82.8 Å². The predicted molar refractivity (Wildman–Crippen MR) is 108 cm³/mol. The lowest BCUT2D eigenvalue weighted by Crippen LogP contribution is -2.27. The van der Waals surface area contributed by atoms with E-state index in [9.17, 15) is 4.79 Å². The molecule has 7 nitrogen and oxygen atoms in total. The Morgan fingerprint density at radius 3 is 2.41 bits per heavy atom. The van der Waals surface area contributed by atoms with Gasteiger partial charge in [-0.05, 0) is 42.3 Å². The molecule has 1 amide bonds. The summed E-state index contributed by atoms with van der Waals surface area (Å²) in [6.45, 7) is 0.547. The van der Waals surface area contributed by atoms with Crippen LogP contribution in [-0.4, -0.2) is 38.9 Å². The van der Waals surface area contributed by atoms with E-state index in [-0.39, 0.29) is 12.3 Å². The van der Waals surface area contributed by atoms with Gasteiger partial charge in [-0.3, -0.25) is 4.79 Å². The Morgan fingerprint density at radius 1 is 0.966 bits per heavy atom. The minimum absolute atomic E-state index is 0.106. The molecule has 2 aromatic carbocycles. The van der Waals surface area contributed by atoms with Gasteiger partial charge in [0, 0.05) is 18.2 Å². The zero-order chi connectivity index (χ0) is 20.6. The van der Waals surface area contributed by atoms with Crippen LogP contribution >= 0.6 is 0 Å². The maximum absolute atomic E-state index is 12.2. The van der Waals surface area contributed by atoms with Gasteiger partial charge in [-0.15, -0.1) is 0 Å². The zero-order valence-corrected chi connectivity index (χ0v) is 16.7. The van der Waals surface area contributed by atoms with Gasteiger partial charge >= 0.3 is 0 Å². The number of nitrogens with zero attached hydrogens (tertiary/aromatic N) is 1. The summed E-state index contributed by atoms with van der Waals surface area (Å²) in [6.07, 6.45) is 0.894. The van der Waals surface area contributed by atoms with Crippen LogP contribution < -0.4 is 19.5 Å². The number of hydrogen-bond acceptors (Lipinski definition) is 6. The molecule has 3 aromatic rings. The number of hydrogen-bond donors (Lipinski definition) is 1. The van der Waals surface area contributed by atoms with Gasteiger partial charge in [-0.1, -0.05) is 17.3 Å². The van der Waals surface area contributed by atoms with Gasteiger partial charge in [0.15, 0.2) is 17.3 Å². The molecule has 152 valence electrons. The fraction of sp³-hybridized carbons (Fsp3) is 0.273. The van der Waals surface area contributed by atoms with E-state index in [1.807, 2.05) is 30.3 Å². The number of ether oxygens (including phenoxy) is 3. The van der Waals surface area contributed by atoms with E-state index < -0.39 is 0 Å². The largest absolute Gasteiger partial charge is 0.497 e. The van der Waals surface area contributed by atoms with Crippen LogP contribution in [0.2, 0.25) is 0 Å². The van der Waals surface area contributed by atoms with Crippen molar-refractivity contribution in [1.82, 2.24) is 10.5 Å². The zero-order valence-electron chi connectivity index (χ0n) is 16.7. The Morgan fingerprint density at radius 2 is 1.72 bits per heavy atom. The van der Waals surface area contributed by atoms with Crippen molar-refractivity contribution in [2.75, 3.05) is 27.9 Å². The number of carbonyl (C=O) groups is 1. The predicted octanol–water partition coefficient (Wildman–Crippen LogP) is 3.27. The van der Waals surface area contributed by atoms with Gasteiger partial charge in [-0.25, -0.2) is 0 Å². The molecule has 1 aromatic heterocycles. The van der Waals surface area contributed by atoms with Gasteiger partial charge in [0.2, 0.25) is 5.91 Å². The van der Waals surface area contributed by atoms with Gasteiger partial charge in [0.05, 0.1) is 33.4 Å². The third-order valence-electron chi connectivity index (χ3n) is 4.46. The Labute approximate surface area is 169 Å². The lowest BCUT2D eigenvalue weighted by Gasteiger charge is -2.07. The smallest absolute Gasteiger partial charge is 0.226 e. The van der Waals surface area contributed by atoms with Gasteiger partial charge in [0.25, 0.3) is 0 Å². The van der Waals surface area contributed by atoms with Crippen molar-refractivity contribution in [1.29, 1.82) is 0 Å². The molecular weight excluding hydrogens is 372 g/mol. The fourth-order valence-corrected chi connectivity index (χ4v) is 2.89. The molecule has 7 heteroatoms. The van der Waals surface area contributed by atoms with Crippen LogP contribution in [0.3, 0.4) is 0 Å². The number of amides is 1. The number of carbonyl (C=O) groups excluding carboxylic acids is 1. The van der Waals surface area contributed by atoms with E-state index >= 15 is 0 Å². The molecule has 0 bridgehead atoms. The minimum Gasteiger partial charge on any atom is -0.497 e. The number of aromatic nitrogens is 1. The Bertz CT molecular complexity index is 950. The molecule has 0 aliphatic rings. The SMILES string of the molecule is COc1ccc(CCNC(=O)Cc2cc(-c3ccc(OC)c(OC)c3)on2)cc1. The van der Waals surface area contributed by atoms with Crippen molar-refractivity contribution in [3.05, 3.63) is 59.8 Å². The number of nitrogens with one attached hydrogen (secondary N) is 1. The normalized spacial score (nSPS) is 10.4. The minimum atomic E-state index is -0.106. The van der Waals surface area contributed by atoms with E-state index in [4.69, 9.17) is 18.7 Å². The molecule has 0 fully saturated rings. The first kappa shape index (κ1) is 20.3. The average molecular weight is 396 g/mol. The Kier molecular flexibility index (Phi) is 6.73. The Balaban J connectivity index is 1.53. The molecule has 1 N–H and O–H groups in total. The molecule has 0 aliphatic heterocycles. The van der Waals surface area contributed by atoms with Crippen molar-refractivity contribution in [3.8, 4) is 28.6 Å². The summed E-state index contributed by atoms with van der Waals surface area (Å²) in [6, 6.07) is 15.0. The first-order chi connectivity index (χ1) is 14.1. The second-order valence-electron chi connectivity index (χ2n) is 6.38. The second kappa shape index (κ2) is 9.64. The molecule has 3 rings (SSSR count). The summed E-state index contributed by atoms with van der Waals surface area (Å²) in [4.78, 5) is 12.2. The molecule has 1 heterocycles. The highest BCUT2D eigenvalue weighted by Gasteiger charge is 2.13. The molecule has 0 atom stereocenters. The van der Waals surface area contributed by atoms with Crippen molar-refractivity contribution in [2.45, 2.75) is 12.8 Å². The third kappa shape index (κ3) is 5.28. The summed E-state index contributed by atoms with van der Waals surface area (Å²) in [5.41, 5.74) is 2.49. The highest BCUT2D eigenvalue weighted by Crippen LogP contribution is 2.32. The highest BCUT2D eigenvalue weighted by atomic mass is 16.5. The summed E-state index contributed by atoms with van der Waals surface area (Å²) < 4.78 is 21.1. The van der Waals surface area contributed by atoms with Gasteiger partial charge < -0.3 is 24.1 Å². The van der Waals surface area contributed by atoms with Crippen LogP contribution in [0.25, 0.3) is 11.3 Å². The summed E-state index contributed by atoms with van der Waals surface area (Å²) in [5, 5.41) is 6.90. The van der Waals surface area contributed by atoms with E-state index in [0.717, 1.165) is 23.3 Å². The van der Waals surface area contributed by atoms with E-state index in [1.165, 1.54) is 0 Å². The Hall–Kier alpha value is -3.48. The lowest BCUT2D eigenvalue weighted by molar-refractivity contribution is -0.120. The monoisotopic (exact) mass is 396 g/mol. The van der Waals surface area contributed by atoms with Gasteiger partial charge in [-0.2, -0.15) is 0 Å². The van der Waals surface area contributed by atoms with E-state index in [1.54, 1.807) is 39.5 Å². The van der Waals surface area contributed by atoms with Crippen molar-refractivity contribution >= 4 is 5.91 Å². The molecule has 0 spiro atoms. The molecular formula is C22H24N2O5. The molecule has 0 saturated carbocycles. The van der Waals surface area contributed by atoms with Crippen molar-refractivity contribution < 1.29 is 23.5 Å². The van der Waals surface area contributed by atoms with Crippen LogP contribution in [0, 0.1) is 0 Å². The van der Waals surface area contributed by atoms with E-state index in [0.29, 0.717) is 29.5 Å². The summed E-state index contributed by atoms with van der Waals surface area (Å²) >= 11 is 0. The first-order valence-corrected chi connectivity index (χ1v) is 9.20. The maximum atomic E-state index is 12.2. The maximum Gasteiger partial charge on any atom is 0.226 e. The summed E-state index contributed by atoms with van der Waals surface area (Å²) in [5.74, 6) is 2.50. The average Bonchev–Trinajstić information content (AvgIpc) is 3.22. The third-order valence-corrected chi connectivity index (χ3v) is 4.46. The van der Waals surface area contributed by atoms with Crippen LogP contribution in [-0.2, 0) is 17.6 Å². The molecule has 0 saturated heterocycles. The van der Waals surface area contributed by atoms with Gasteiger partial charge in [0.1, 0.15) is 5.75 Å². The second-order valence-corrected chi connectivity index (χ2v) is 6.38. The molecule has 29 heavy (non-hydrogen) atoms. The lowest BCUT2D eigenvalue weighted by atomic mass is 10.1. The molecule has 0 radical (unpaired) electrons. The number of benzene rings is 2. The molecule has 0 unspecified atom stereocenters.